The smallest absolute Gasteiger partial charge is 0.335 e. The zero-order valence-electron chi connectivity index (χ0n) is 10.1. The molecule has 2 aromatic rings. The number of carbonyl (C=O) groups excluding carboxylic acids is 1. The number of amides is 1. The van der Waals surface area contributed by atoms with Gasteiger partial charge in [-0.05, 0) is 18.2 Å². The summed E-state index contributed by atoms with van der Waals surface area (Å²) in [4.78, 5) is 23.0. The summed E-state index contributed by atoms with van der Waals surface area (Å²) in [5.41, 5.74) is 7.10. The Morgan fingerprint density at radius 1 is 1.47 bits per heavy atom. The minimum atomic E-state index is -0.979. The third kappa shape index (κ3) is 1.77. The molecule has 0 saturated carbocycles. The predicted molar refractivity (Wildman–Crippen MR) is 69.2 cm³/mol. The van der Waals surface area contributed by atoms with Crippen molar-refractivity contribution < 1.29 is 14.7 Å². The Labute approximate surface area is 108 Å². The van der Waals surface area contributed by atoms with Crippen molar-refractivity contribution >= 4 is 22.8 Å². The van der Waals surface area contributed by atoms with Gasteiger partial charge in [0.05, 0.1) is 11.6 Å². The number of nitrogens with two attached hydrogens (primary N) is 1. The van der Waals surface area contributed by atoms with Crippen molar-refractivity contribution in [1.82, 2.24) is 9.88 Å². The van der Waals surface area contributed by atoms with Crippen molar-refractivity contribution in [3.8, 4) is 0 Å². The van der Waals surface area contributed by atoms with Crippen LogP contribution in [0.4, 0.5) is 0 Å². The number of carbonyl (C=O) groups is 2. The molecule has 0 fully saturated rings. The molecule has 6 heteroatoms. The molecule has 1 aliphatic heterocycles. The largest absolute Gasteiger partial charge is 0.478 e. The van der Waals surface area contributed by atoms with Gasteiger partial charge in [-0.3, -0.25) is 4.79 Å². The predicted octanol–water partition coefficient (Wildman–Crippen LogP) is 0.410. The summed E-state index contributed by atoms with van der Waals surface area (Å²) in [7, 11) is 0. The molecule has 19 heavy (non-hydrogen) atoms. The maximum Gasteiger partial charge on any atom is 0.335 e. The molecule has 1 aliphatic rings. The number of aromatic nitrogens is 1. The minimum absolute atomic E-state index is 0.121. The number of nitrogens with one attached hydrogen (secondary N) is 1. The summed E-state index contributed by atoms with van der Waals surface area (Å²) in [5.74, 6) is -1.15. The Kier molecular flexibility index (Phi) is 2.53. The van der Waals surface area contributed by atoms with Crippen LogP contribution in [0, 0.1) is 0 Å². The van der Waals surface area contributed by atoms with Gasteiger partial charge in [0, 0.05) is 24.0 Å². The van der Waals surface area contributed by atoms with E-state index in [-0.39, 0.29) is 17.5 Å². The molecule has 1 atom stereocenters. The van der Waals surface area contributed by atoms with E-state index in [9.17, 15) is 9.59 Å². The van der Waals surface area contributed by atoms with Gasteiger partial charge < -0.3 is 20.7 Å². The van der Waals surface area contributed by atoms with Gasteiger partial charge in [0.25, 0.3) is 5.91 Å². The fourth-order valence-electron chi connectivity index (χ4n) is 2.43. The van der Waals surface area contributed by atoms with E-state index in [0.717, 1.165) is 10.9 Å². The molecule has 3 rings (SSSR count). The Morgan fingerprint density at radius 2 is 2.26 bits per heavy atom. The number of hydrogen-bond acceptors (Lipinski definition) is 3. The van der Waals surface area contributed by atoms with Gasteiger partial charge in [-0.2, -0.15) is 0 Å². The first-order chi connectivity index (χ1) is 9.10. The second-order valence-corrected chi connectivity index (χ2v) is 4.63. The number of nitrogens with zero attached hydrogens (tertiary/aromatic N) is 1. The highest BCUT2D eigenvalue weighted by molar-refractivity contribution is 6.01. The second kappa shape index (κ2) is 4.10. The van der Waals surface area contributed by atoms with E-state index < -0.39 is 5.97 Å². The van der Waals surface area contributed by atoms with Gasteiger partial charge >= 0.3 is 5.97 Å². The molecule has 0 bridgehead atoms. The summed E-state index contributed by atoms with van der Waals surface area (Å²) < 4.78 is 1.83. The van der Waals surface area contributed by atoms with Crippen LogP contribution >= 0.6 is 0 Å². The van der Waals surface area contributed by atoms with Gasteiger partial charge in [-0.25, -0.2) is 4.79 Å². The molecule has 0 radical (unpaired) electrons. The van der Waals surface area contributed by atoms with Gasteiger partial charge in [0.2, 0.25) is 0 Å². The number of benzene rings is 1. The van der Waals surface area contributed by atoms with Crippen molar-refractivity contribution in [2.75, 3.05) is 6.54 Å². The maximum atomic E-state index is 11.9. The molecule has 6 nitrogen and oxygen atoms in total. The van der Waals surface area contributed by atoms with E-state index in [0.29, 0.717) is 18.8 Å². The van der Waals surface area contributed by atoms with Crippen molar-refractivity contribution in [3.63, 3.8) is 0 Å². The van der Waals surface area contributed by atoms with Crippen LogP contribution in [0.1, 0.15) is 20.8 Å². The Morgan fingerprint density at radius 3 is 2.95 bits per heavy atom. The molecular weight excluding hydrogens is 246 g/mol. The number of aromatic carboxylic acids is 1. The van der Waals surface area contributed by atoms with E-state index in [1.807, 2.05) is 4.57 Å². The highest BCUT2D eigenvalue weighted by Crippen LogP contribution is 2.24. The van der Waals surface area contributed by atoms with Gasteiger partial charge in [-0.15, -0.1) is 0 Å². The van der Waals surface area contributed by atoms with E-state index in [2.05, 4.69) is 5.32 Å². The Bertz CT molecular complexity index is 690. The van der Waals surface area contributed by atoms with Gasteiger partial charge in [0.15, 0.2) is 0 Å². The lowest BCUT2D eigenvalue weighted by molar-refractivity contribution is 0.0696. The van der Waals surface area contributed by atoms with Crippen LogP contribution in [0.25, 0.3) is 10.9 Å². The molecule has 1 aromatic heterocycles. The summed E-state index contributed by atoms with van der Waals surface area (Å²) in [6, 6.07) is 6.49. The Balaban J connectivity index is 2.20. The highest BCUT2D eigenvalue weighted by atomic mass is 16.4. The minimum Gasteiger partial charge on any atom is -0.478 e. The molecule has 1 amide bonds. The van der Waals surface area contributed by atoms with Crippen molar-refractivity contribution in [2.45, 2.75) is 12.6 Å². The number of hydrogen-bond donors (Lipinski definition) is 3. The summed E-state index contributed by atoms with van der Waals surface area (Å²) in [6.45, 7) is 0.910. The number of rotatable bonds is 2. The lowest BCUT2D eigenvalue weighted by Crippen LogP contribution is -2.47. The molecule has 1 aromatic carbocycles. The van der Waals surface area contributed by atoms with Crippen LogP contribution in [0.5, 0.6) is 0 Å². The van der Waals surface area contributed by atoms with E-state index in [1.54, 1.807) is 18.2 Å². The molecule has 98 valence electrons. The summed E-state index contributed by atoms with van der Waals surface area (Å²) in [6.07, 6.45) is 0. The first kappa shape index (κ1) is 11.7. The lowest BCUT2D eigenvalue weighted by Gasteiger charge is -2.25. The second-order valence-electron chi connectivity index (χ2n) is 4.63. The lowest BCUT2D eigenvalue weighted by atomic mass is 10.1. The third-order valence-electron chi connectivity index (χ3n) is 3.41. The highest BCUT2D eigenvalue weighted by Gasteiger charge is 2.25. The summed E-state index contributed by atoms with van der Waals surface area (Å²) >= 11 is 0. The molecule has 0 aliphatic carbocycles. The van der Waals surface area contributed by atoms with Crippen LogP contribution in [0.2, 0.25) is 0 Å². The van der Waals surface area contributed by atoms with Crippen molar-refractivity contribution in [1.29, 1.82) is 0 Å². The van der Waals surface area contributed by atoms with Gasteiger partial charge in [-0.1, -0.05) is 6.07 Å². The molecule has 0 unspecified atom stereocenters. The monoisotopic (exact) mass is 259 g/mol. The van der Waals surface area contributed by atoms with Crippen LogP contribution < -0.4 is 11.1 Å². The fourth-order valence-corrected chi connectivity index (χ4v) is 2.43. The standard InChI is InChI=1S/C13H13N3O3/c14-5-9-6-16-10-4-8(13(18)19)2-1-7(10)3-11(16)12(17)15-9/h1-4,9H,5-6,14H2,(H,15,17)(H,18,19)/t9-/m1/s1. The average Bonchev–Trinajstić information content (AvgIpc) is 2.77. The molecule has 2 heterocycles. The molecule has 4 N–H and O–H groups in total. The number of carboxylic acids is 1. The first-order valence-corrected chi connectivity index (χ1v) is 5.97. The van der Waals surface area contributed by atoms with Crippen LogP contribution in [0.3, 0.4) is 0 Å². The maximum absolute atomic E-state index is 11.9. The molecule has 0 spiro atoms. The Hall–Kier alpha value is -2.34. The molecule has 0 saturated heterocycles. The zero-order valence-corrected chi connectivity index (χ0v) is 10.1. The fraction of sp³-hybridized carbons (Fsp3) is 0.231. The topological polar surface area (TPSA) is 97.3 Å². The van der Waals surface area contributed by atoms with Crippen molar-refractivity contribution in [3.05, 3.63) is 35.5 Å². The summed E-state index contributed by atoms with van der Waals surface area (Å²) in [5, 5.41) is 12.7. The van der Waals surface area contributed by atoms with Gasteiger partial charge in [0.1, 0.15) is 5.69 Å². The average molecular weight is 259 g/mol. The zero-order chi connectivity index (χ0) is 13.6. The third-order valence-corrected chi connectivity index (χ3v) is 3.41. The number of fused-ring (bicyclic) bond motifs is 3. The first-order valence-electron chi connectivity index (χ1n) is 5.97. The van der Waals surface area contributed by atoms with Crippen LogP contribution in [0.15, 0.2) is 24.3 Å². The normalized spacial score (nSPS) is 18.2. The quantitative estimate of drug-likeness (QED) is 0.727. The van der Waals surface area contributed by atoms with E-state index in [1.165, 1.54) is 6.07 Å². The van der Waals surface area contributed by atoms with Crippen LogP contribution in [-0.2, 0) is 6.54 Å². The van der Waals surface area contributed by atoms with E-state index >= 15 is 0 Å². The van der Waals surface area contributed by atoms with E-state index in [4.69, 9.17) is 10.8 Å². The molecular formula is C13H13N3O3. The van der Waals surface area contributed by atoms with Crippen molar-refractivity contribution in [2.24, 2.45) is 5.73 Å². The van der Waals surface area contributed by atoms with Crippen LogP contribution in [-0.4, -0.2) is 34.1 Å². The number of carboxylic acid groups (broad SMARTS) is 1. The SMILES string of the molecule is NC[C@@H]1Cn2c(cc3ccc(C(=O)O)cc32)C(=O)N1.